The number of nitrogens with zero attached hydrogens (tertiary/aromatic N) is 2. The number of rotatable bonds is 8. The van der Waals surface area contributed by atoms with Crippen LogP contribution in [0, 0.1) is 5.41 Å². The van der Waals surface area contributed by atoms with Crippen molar-refractivity contribution in [3.05, 3.63) is 139 Å². The highest BCUT2D eigenvalue weighted by atomic mass is 35.5. The summed E-state index contributed by atoms with van der Waals surface area (Å²) in [5.41, 5.74) is 8.69. The Labute approximate surface area is 423 Å². The highest BCUT2D eigenvalue weighted by Crippen LogP contribution is 2.87. The molecule has 71 heavy (non-hydrogen) atoms. The standard InChI is InChI=1S/C55H60Cl2N4O10/c1-5-66-54(67-6-2)49(64)58-35-21-25-60(26-22-35)31-51-41-15-11-9-13-37(41)45(39-19-17-33(56)29-43(39)51)53(51)46-38-14-10-12-16-42(38)52(53,44-30-34(57)18-20-40(44)46)32-61-27-23-36(24-28-61)59-50(65)55(68-7-3,69-8-4)71-48(63)47(62)70-54/h9-20,29-30,35-36,45-46H,5-8,21-28,31-32H2,1-4H3,(H,58,64)(H,59,65)/t45-,46-,51-,52+,53?/m0/s1. The number of hydrogen-bond acceptors (Lipinski definition) is 12. The summed E-state index contributed by atoms with van der Waals surface area (Å²) in [4.78, 5) is 61.5. The summed E-state index contributed by atoms with van der Waals surface area (Å²) >= 11 is 14.3. The first-order chi connectivity index (χ1) is 34.4. The summed E-state index contributed by atoms with van der Waals surface area (Å²) in [7, 11) is 0. The number of carbonyl (C=O) groups is 4. The van der Waals surface area contributed by atoms with E-state index in [1.54, 1.807) is 27.7 Å². The molecule has 13 rings (SSSR count). The molecule has 5 saturated heterocycles. The van der Waals surface area contributed by atoms with Gasteiger partial charge in [0.05, 0.1) is 26.4 Å². The highest BCUT2D eigenvalue weighted by Gasteiger charge is 2.84. The molecule has 5 aliphatic heterocycles. The van der Waals surface area contributed by atoms with E-state index >= 15 is 0 Å². The first-order valence-electron chi connectivity index (χ1n) is 25.2. The Balaban J connectivity index is 1.08. The third-order valence-electron chi connectivity index (χ3n) is 16.6. The van der Waals surface area contributed by atoms with Crippen molar-refractivity contribution >= 4 is 47.0 Å². The maximum atomic E-state index is 14.5. The van der Waals surface area contributed by atoms with Crippen molar-refractivity contribution in [2.24, 2.45) is 5.41 Å². The van der Waals surface area contributed by atoms with Crippen molar-refractivity contribution in [1.82, 2.24) is 20.4 Å². The van der Waals surface area contributed by atoms with Gasteiger partial charge in [0.25, 0.3) is 0 Å². The van der Waals surface area contributed by atoms with Crippen LogP contribution < -0.4 is 10.6 Å². The Hall–Kier alpha value is -4.90. The number of amides is 2. The molecule has 2 N–H and O–H groups in total. The SMILES string of the molecule is CCOC1(OCC)OC(=O)C(=O)OC(OCC)(OCC)C(=O)NC2CCN(CC2)C[C@@]23c4ccccc4[C@@H](c4ccc(Cl)cc42)C32[C@H]3c4ccccc4[C@@]2(CN2CCC(CC2)NC1=O)c1cc(Cl)ccc13. The molecule has 374 valence electrons. The average molecular weight is 1010 g/mol. The Kier molecular flexibility index (Phi) is 12.4. The molecule has 5 fully saturated rings. The number of piperidine rings is 2. The van der Waals surface area contributed by atoms with Crippen LogP contribution in [0.25, 0.3) is 0 Å². The van der Waals surface area contributed by atoms with Crippen molar-refractivity contribution in [2.45, 2.75) is 100 Å². The molecule has 14 nitrogen and oxygen atoms in total. The van der Waals surface area contributed by atoms with Gasteiger partial charge in [-0.2, -0.15) is 0 Å². The van der Waals surface area contributed by atoms with E-state index < -0.39 is 51.9 Å². The van der Waals surface area contributed by atoms with Gasteiger partial charge in [0.15, 0.2) is 0 Å². The fourth-order valence-corrected chi connectivity index (χ4v) is 14.9. The normalized spacial score (nSPS) is 32.1. The van der Waals surface area contributed by atoms with Gasteiger partial charge in [-0.3, -0.25) is 9.59 Å². The fraction of sp³-hybridized carbons (Fsp3) is 0.491. The lowest BCUT2D eigenvalue weighted by atomic mass is 9.49. The van der Waals surface area contributed by atoms with Crippen LogP contribution in [-0.4, -0.2) is 123 Å². The van der Waals surface area contributed by atoms with Crippen molar-refractivity contribution < 1.29 is 47.6 Å². The van der Waals surface area contributed by atoms with Crippen LogP contribution in [0.2, 0.25) is 10.0 Å². The minimum atomic E-state index is -2.66. The summed E-state index contributed by atoms with van der Waals surface area (Å²) in [5.74, 6) is -10.4. The first-order valence-corrected chi connectivity index (χ1v) is 26.0. The number of esters is 2. The third-order valence-corrected chi connectivity index (χ3v) is 17.1. The van der Waals surface area contributed by atoms with E-state index in [1.807, 2.05) is 12.1 Å². The van der Waals surface area contributed by atoms with Gasteiger partial charge in [-0.15, -0.1) is 0 Å². The molecule has 8 bridgehead atoms. The molecule has 4 aliphatic carbocycles. The zero-order valence-electron chi connectivity index (χ0n) is 40.5. The maximum absolute atomic E-state index is 14.5. The van der Waals surface area contributed by atoms with Gasteiger partial charge in [0.1, 0.15) is 0 Å². The predicted octanol–water partition coefficient (Wildman–Crippen LogP) is 6.88. The van der Waals surface area contributed by atoms with Crippen molar-refractivity contribution in [3.8, 4) is 0 Å². The lowest BCUT2D eigenvalue weighted by molar-refractivity contribution is -0.347. The van der Waals surface area contributed by atoms with E-state index in [-0.39, 0.29) is 50.3 Å². The molecule has 1 spiro atoms. The van der Waals surface area contributed by atoms with Crippen LogP contribution in [0.3, 0.4) is 0 Å². The minimum Gasteiger partial charge on any atom is -0.391 e. The van der Waals surface area contributed by atoms with Crippen LogP contribution >= 0.6 is 23.2 Å². The number of halogens is 2. The molecule has 4 aromatic carbocycles. The van der Waals surface area contributed by atoms with Gasteiger partial charge >= 0.3 is 35.7 Å². The third kappa shape index (κ3) is 6.95. The molecule has 2 amide bonds. The van der Waals surface area contributed by atoms with E-state index in [0.717, 1.165) is 0 Å². The minimum absolute atomic E-state index is 0.0152. The molecule has 1 unspecified atom stereocenters. The number of benzene rings is 4. The topological polar surface area (TPSA) is 154 Å². The van der Waals surface area contributed by atoms with E-state index in [0.29, 0.717) is 75.0 Å². The zero-order chi connectivity index (χ0) is 49.5. The molecule has 4 aromatic rings. The molecule has 9 aliphatic rings. The van der Waals surface area contributed by atoms with Crippen LogP contribution in [0.1, 0.15) is 110 Å². The smallest absolute Gasteiger partial charge is 0.391 e. The lowest BCUT2D eigenvalue weighted by Gasteiger charge is -2.55. The molecule has 5 heterocycles. The van der Waals surface area contributed by atoms with Crippen LogP contribution in [0.5, 0.6) is 0 Å². The summed E-state index contributed by atoms with van der Waals surface area (Å²) in [6, 6.07) is 30.5. The van der Waals surface area contributed by atoms with Gasteiger partial charge in [0, 0.05) is 89.5 Å². The summed E-state index contributed by atoms with van der Waals surface area (Å²) < 4.78 is 34.2. The van der Waals surface area contributed by atoms with Crippen LogP contribution in [0.4, 0.5) is 0 Å². The van der Waals surface area contributed by atoms with E-state index in [1.165, 1.54) is 44.5 Å². The summed E-state index contributed by atoms with van der Waals surface area (Å²) in [6.07, 6.45) is 2.19. The molecule has 0 saturated carbocycles. The number of nitrogens with one attached hydrogen (secondary N) is 2. The van der Waals surface area contributed by atoms with Crippen LogP contribution in [-0.2, 0) is 58.4 Å². The average Bonchev–Trinajstić information content (AvgIpc) is 3.96. The largest absolute Gasteiger partial charge is 0.422 e. The molecule has 0 aromatic heterocycles. The Morgan fingerprint density at radius 3 is 1.24 bits per heavy atom. The summed E-state index contributed by atoms with van der Waals surface area (Å²) in [5, 5.41) is 7.45. The number of fused-ring (bicyclic) bond motifs is 10. The molecular weight excluding hydrogens is 948 g/mol. The van der Waals surface area contributed by atoms with E-state index in [9.17, 15) is 19.2 Å². The van der Waals surface area contributed by atoms with Crippen molar-refractivity contribution in [1.29, 1.82) is 0 Å². The van der Waals surface area contributed by atoms with Crippen LogP contribution in [0.15, 0.2) is 84.9 Å². The quantitative estimate of drug-likeness (QED) is 0.107. The van der Waals surface area contributed by atoms with Crippen molar-refractivity contribution in [3.63, 3.8) is 0 Å². The maximum Gasteiger partial charge on any atom is 0.422 e. The molecule has 0 radical (unpaired) electrons. The number of hydrogen-bond donors (Lipinski definition) is 2. The second-order valence-corrected chi connectivity index (χ2v) is 20.7. The lowest BCUT2D eigenvalue weighted by Crippen LogP contribution is -2.62. The number of ether oxygens (including phenoxy) is 6. The second kappa shape index (κ2) is 18.2. The van der Waals surface area contributed by atoms with E-state index in [2.05, 4.69) is 93.2 Å². The Morgan fingerprint density at radius 2 is 0.873 bits per heavy atom. The first kappa shape index (κ1) is 48.4. The Morgan fingerprint density at radius 1 is 0.521 bits per heavy atom. The van der Waals surface area contributed by atoms with Gasteiger partial charge in [0.2, 0.25) is 0 Å². The highest BCUT2D eigenvalue weighted by molar-refractivity contribution is 6.31. The fourth-order valence-electron chi connectivity index (χ4n) is 14.5. The number of carbonyl (C=O) groups excluding carboxylic acids is 4. The van der Waals surface area contributed by atoms with Gasteiger partial charge in [-0.1, -0.05) is 83.9 Å². The predicted molar refractivity (Wildman–Crippen MR) is 263 cm³/mol. The van der Waals surface area contributed by atoms with Gasteiger partial charge in [-0.25, -0.2) is 9.59 Å². The van der Waals surface area contributed by atoms with Gasteiger partial charge in [-0.05, 0) is 122 Å². The molecule has 16 heteroatoms. The van der Waals surface area contributed by atoms with E-state index in [4.69, 9.17) is 51.6 Å². The molecule has 5 atom stereocenters. The monoisotopic (exact) mass is 1010 g/mol. The second-order valence-electron chi connectivity index (χ2n) is 19.9. The summed E-state index contributed by atoms with van der Waals surface area (Å²) in [6.45, 7) is 9.77. The zero-order valence-corrected chi connectivity index (χ0v) is 42.0. The van der Waals surface area contributed by atoms with Gasteiger partial charge < -0.3 is 48.9 Å². The molecular formula is C55H60Cl2N4O10. The van der Waals surface area contributed by atoms with Crippen molar-refractivity contribution in [2.75, 3.05) is 65.7 Å². The Bertz CT molecular complexity index is 2590.